The van der Waals surface area contributed by atoms with Crippen molar-refractivity contribution in [1.29, 1.82) is 0 Å². The van der Waals surface area contributed by atoms with Crippen LogP contribution in [0.5, 0.6) is 0 Å². The Morgan fingerprint density at radius 1 is 1.35 bits per heavy atom. The first kappa shape index (κ1) is 14.8. The van der Waals surface area contributed by atoms with Crippen molar-refractivity contribution in [3.63, 3.8) is 0 Å². The van der Waals surface area contributed by atoms with Crippen molar-refractivity contribution in [2.75, 3.05) is 20.3 Å². The summed E-state index contributed by atoms with van der Waals surface area (Å²) in [7, 11) is 1.79. The zero-order valence-electron chi connectivity index (χ0n) is 13.7. The van der Waals surface area contributed by atoms with E-state index < -0.39 is 0 Å². The van der Waals surface area contributed by atoms with Crippen LogP contribution in [0.15, 0.2) is 30.9 Å². The van der Waals surface area contributed by atoms with E-state index >= 15 is 0 Å². The molecule has 23 heavy (non-hydrogen) atoms. The molecule has 2 aromatic rings. The number of fused-ring (bicyclic) bond motifs is 1. The molecule has 2 aromatic heterocycles. The van der Waals surface area contributed by atoms with Crippen molar-refractivity contribution in [3.8, 4) is 0 Å². The third kappa shape index (κ3) is 3.31. The first-order chi connectivity index (χ1) is 11.3. The summed E-state index contributed by atoms with van der Waals surface area (Å²) in [6.45, 7) is 4.75. The number of ether oxygens (including phenoxy) is 1. The molecule has 0 N–H and O–H groups in total. The minimum Gasteiger partial charge on any atom is -0.384 e. The van der Waals surface area contributed by atoms with E-state index in [9.17, 15) is 0 Å². The minimum atomic E-state index is 0.404. The topological polar surface area (TPSA) is 43.2 Å². The maximum absolute atomic E-state index is 5.50. The molecule has 5 heteroatoms. The number of rotatable bonds is 6. The zero-order valence-corrected chi connectivity index (χ0v) is 13.7. The fraction of sp³-hybridized carbons (Fsp3) is 0.556. The fourth-order valence-corrected chi connectivity index (χ4v) is 3.63. The Hall–Kier alpha value is -1.72. The second-order valence-corrected chi connectivity index (χ2v) is 6.86. The Kier molecular flexibility index (Phi) is 4.14. The average molecular weight is 312 g/mol. The van der Waals surface area contributed by atoms with E-state index in [1.165, 1.54) is 29.8 Å². The lowest BCUT2D eigenvalue weighted by atomic mass is 9.98. The molecule has 1 fully saturated rings. The van der Waals surface area contributed by atoms with Crippen LogP contribution in [-0.2, 0) is 24.4 Å². The average Bonchev–Trinajstić information content (AvgIpc) is 3.28. The quantitative estimate of drug-likeness (QED) is 0.822. The molecule has 0 spiro atoms. The summed E-state index contributed by atoms with van der Waals surface area (Å²) in [6.07, 6.45) is 8.56. The molecule has 1 atom stereocenters. The Morgan fingerprint density at radius 3 is 3.00 bits per heavy atom. The summed E-state index contributed by atoms with van der Waals surface area (Å²) in [5, 5.41) is 0. The molecule has 4 rings (SSSR count). The minimum absolute atomic E-state index is 0.404. The standard InChI is InChI=1S/C18H24N4O/c1-23-12-16-10-21(8-15-3-2-6-19-7-15)11-17-18(16)22(13-20-17)9-14-4-5-14/h2-3,6-7,13-14,16H,4-5,8-12H2,1H3. The van der Waals surface area contributed by atoms with Crippen LogP contribution in [0.4, 0.5) is 0 Å². The highest BCUT2D eigenvalue weighted by atomic mass is 16.5. The first-order valence-corrected chi connectivity index (χ1v) is 8.47. The van der Waals surface area contributed by atoms with Gasteiger partial charge in [-0.15, -0.1) is 0 Å². The number of hydrogen-bond donors (Lipinski definition) is 0. The van der Waals surface area contributed by atoms with E-state index in [-0.39, 0.29) is 0 Å². The first-order valence-electron chi connectivity index (χ1n) is 8.47. The lowest BCUT2D eigenvalue weighted by Crippen LogP contribution is -2.36. The second kappa shape index (κ2) is 6.42. The normalized spacial score (nSPS) is 21.3. The van der Waals surface area contributed by atoms with Gasteiger partial charge in [-0.25, -0.2) is 4.98 Å². The van der Waals surface area contributed by atoms with Crippen molar-refractivity contribution < 1.29 is 4.74 Å². The van der Waals surface area contributed by atoms with Crippen LogP contribution in [0.3, 0.4) is 0 Å². The number of imidazole rings is 1. The molecule has 2 aliphatic rings. The van der Waals surface area contributed by atoms with Crippen LogP contribution < -0.4 is 0 Å². The van der Waals surface area contributed by atoms with Gasteiger partial charge in [-0.3, -0.25) is 9.88 Å². The number of nitrogens with zero attached hydrogens (tertiary/aromatic N) is 4. The van der Waals surface area contributed by atoms with Crippen molar-refractivity contribution in [3.05, 3.63) is 47.8 Å². The van der Waals surface area contributed by atoms with Crippen molar-refractivity contribution in [2.45, 2.75) is 38.4 Å². The monoisotopic (exact) mass is 312 g/mol. The highest BCUT2D eigenvalue weighted by molar-refractivity contribution is 5.23. The predicted octanol–water partition coefficient (Wildman–Crippen LogP) is 2.43. The molecule has 0 saturated heterocycles. The number of methoxy groups -OCH3 is 1. The van der Waals surface area contributed by atoms with Gasteiger partial charge < -0.3 is 9.30 Å². The summed E-state index contributed by atoms with van der Waals surface area (Å²) in [5.74, 6) is 1.27. The van der Waals surface area contributed by atoms with Gasteiger partial charge in [-0.2, -0.15) is 0 Å². The van der Waals surface area contributed by atoms with Crippen LogP contribution in [0.2, 0.25) is 0 Å². The fourth-order valence-electron chi connectivity index (χ4n) is 3.63. The van der Waals surface area contributed by atoms with Gasteiger partial charge in [-0.05, 0) is 30.4 Å². The van der Waals surface area contributed by atoms with Crippen LogP contribution in [0, 0.1) is 5.92 Å². The summed E-state index contributed by atoms with van der Waals surface area (Å²) in [5.41, 5.74) is 3.88. The van der Waals surface area contributed by atoms with Crippen molar-refractivity contribution in [1.82, 2.24) is 19.4 Å². The number of pyridine rings is 1. The lowest BCUT2D eigenvalue weighted by Gasteiger charge is -2.33. The van der Waals surface area contributed by atoms with E-state index in [2.05, 4.69) is 20.5 Å². The molecule has 1 aliphatic carbocycles. The van der Waals surface area contributed by atoms with Crippen LogP contribution in [-0.4, -0.2) is 39.7 Å². The Bertz CT molecular complexity index is 650. The second-order valence-electron chi connectivity index (χ2n) is 6.86. The van der Waals surface area contributed by atoms with E-state index in [1.807, 2.05) is 24.8 Å². The van der Waals surface area contributed by atoms with E-state index in [4.69, 9.17) is 9.72 Å². The maximum Gasteiger partial charge on any atom is 0.0952 e. The molecule has 1 unspecified atom stereocenters. The molecule has 5 nitrogen and oxygen atoms in total. The van der Waals surface area contributed by atoms with Gasteiger partial charge in [0.2, 0.25) is 0 Å². The summed E-state index contributed by atoms with van der Waals surface area (Å²) >= 11 is 0. The largest absolute Gasteiger partial charge is 0.384 e. The van der Waals surface area contributed by atoms with Gasteiger partial charge in [0.1, 0.15) is 0 Å². The van der Waals surface area contributed by atoms with Gasteiger partial charge in [-0.1, -0.05) is 6.07 Å². The molecule has 122 valence electrons. The SMILES string of the molecule is COCC1CN(Cc2cccnc2)Cc2ncn(CC3CC3)c21. The molecule has 1 aliphatic heterocycles. The van der Waals surface area contributed by atoms with Gasteiger partial charge in [0.05, 0.1) is 18.6 Å². The van der Waals surface area contributed by atoms with Crippen molar-refractivity contribution >= 4 is 0 Å². The Balaban J connectivity index is 1.54. The highest BCUT2D eigenvalue weighted by Gasteiger charge is 2.31. The predicted molar refractivity (Wildman–Crippen MR) is 87.9 cm³/mol. The smallest absolute Gasteiger partial charge is 0.0952 e. The highest BCUT2D eigenvalue weighted by Crippen LogP contribution is 2.34. The van der Waals surface area contributed by atoms with E-state index in [0.717, 1.165) is 38.7 Å². The third-order valence-electron chi connectivity index (χ3n) is 4.85. The molecule has 1 saturated carbocycles. The number of hydrogen-bond acceptors (Lipinski definition) is 4. The van der Waals surface area contributed by atoms with Gasteiger partial charge >= 0.3 is 0 Å². The van der Waals surface area contributed by atoms with Gasteiger partial charge in [0.15, 0.2) is 0 Å². The molecule has 0 aromatic carbocycles. The van der Waals surface area contributed by atoms with Gasteiger partial charge in [0, 0.05) is 57.3 Å². The molecule has 0 bridgehead atoms. The molecular formula is C18H24N4O. The summed E-state index contributed by atoms with van der Waals surface area (Å²) in [4.78, 5) is 11.4. The summed E-state index contributed by atoms with van der Waals surface area (Å²) < 4.78 is 7.89. The van der Waals surface area contributed by atoms with Crippen LogP contribution >= 0.6 is 0 Å². The van der Waals surface area contributed by atoms with Crippen LogP contribution in [0.25, 0.3) is 0 Å². The number of aromatic nitrogens is 3. The van der Waals surface area contributed by atoms with E-state index in [1.54, 1.807) is 7.11 Å². The molecule has 0 amide bonds. The zero-order chi connectivity index (χ0) is 15.6. The van der Waals surface area contributed by atoms with Gasteiger partial charge in [0.25, 0.3) is 0 Å². The maximum atomic E-state index is 5.50. The molecule has 3 heterocycles. The summed E-state index contributed by atoms with van der Waals surface area (Å²) in [6, 6.07) is 4.14. The Morgan fingerprint density at radius 2 is 2.26 bits per heavy atom. The molecule has 0 radical (unpaired) electrons. The third-order valence-corrected chi connectivity index (χ3v) is 4.85. The molecular weight excluding hydrogens is 288 g/mol. The van der Waals surface area contributed by atoms with E-state index in [0.29, 0.717) is 5.92 Å². The van der Waals surface area contributed by atoms with Crippen molar-refractivity contribution in [2.24, 2.45) is 5.92 Å². The Labute approximate surface area is 137 Å². The lowest BCUT2D eigenvalue weighted by molar-refractivity contribution is 0.131. The van der Waals surface area contributed by atoms with Crippen LogP contribution in [0.1, 0.15) is 35.7 Å².